The number of hydrogen-bond donors (Lipinski definition) is 2. The van der Waals surface area contributed by atoms with Crippen molar-refractivity contribution in [2.75, 3.05) is 6.61 Å². The van der Waals surface area contributed by atoms with Crippen LogP contribution in [0.1, 0.15) is 161 Å². The van der Waals surface area contributed by atoms with Gasteiger partial charge in [0, 0.05) is 30.3 Å². The Morgan fingerprint density at radius 1 is 0.844 bits per heavy atom. The average molecular weight is 887 g/mol. The first kappa shape index (κ1) is 48.5. The summed E-state index contributed by atoms with van der Waals surface area (Å²) in [5.74, 6) is -6.43. The van der Waals surface area contributed by atoms with Gasteiger partial charge >= 0.3 is 17.9 Å². The molecule has 11 heteroatoms. The Morgan fingerprint density at radius 2 is 1.47 bits per heavy atom. The molecule has 3 aliphatic carbocycles. The van der Waals surface area contributed by atoms with Gasteiger partial charge in [0.2, 0.25) is 0 Å². The minimum Gasteiger partial charge on any atom is -0.462 e. The lowest BCUT2D eigenvalue weighted by molar-refractivity contribution is -0.407. The third kappa shape index (κ3) is 8.67. The molecule has 352 valence electrons. The molecule has 6 aliphatic rings. The summed E-state index contributed by atoms with van der Waals surface area (Å²) in [6.07, 6.45) is 24.0. The van der Waals surface area contributed by atoms with Gasteiger partial charge in [0.25, 0.3) is 0 Å². The predicted molar refractivity (Wildman–Crippen MR) is 243 cm³/mol. The summed E-state index contributed by atoms with van der Waals surface area (Å²) in [5.41, 5.74) is -6.20. The highest BCUT2D eigenvalue weighted by Crippen LogP contribution is 2.73. The Morgan fingerprint density at radius 3 is 2.11 bits per heavy atom. The maximum Gasteiger partial charge on any atom is 0.338 e. The molecule has 2 N–H and O–H groups in total. The van der Waals surface area contributed by atoms with Gasteiger partial charge in [-0.15, -0.1) is 0 Å². The van der Waals surface area contributed by atoms with E-state index in [0.717, 1.165) is 44.9 Å². The SMILES string of the molecule is C=C(C)[C@@]12O[C@@]3(/C=C/C=C/CCCCC)O[C@@H]1[C@@H]1[C@@H]4O[C@]4(COC(=O)CCCCCCCCCCCCCCC)[C@@H](O)[C@]4(O)C(=O)C(C)=C[C@H]4[C@@]1(O3)[C@H](C)[C@H]2OC(=O)c1ccccc1. The number of hydrogen-bond acceptors (Lipinski definition) is 11. The van der Waals surface area contributed by atoms with Crippen LogP contribution >= 0.6 is 0 Å². The molecule has 0 amide bonds. The highest BCUT2D eigenvalue weighted by Gasteiger charge is 2.90. The summed E-state index contributed by atoms with van der Waals surface area (Å²) in [4.78, 5) is 41.8. The molecule has 3 aliphatic heterocycles. The summed E-state index contributed by atoms with van der Waals surface area (Å²) >= 11 is 0. The van der Waals surface area contributed by atoms with Crippen LogP contribution in [0, 0.1) is 17.8 Å². The molecule has 11 nitrogen and oxygen atoms in total. The van der Waals surface area contributed by atoms with Crippen molar-refractivity contribution in [1.82, 2.24) is 0 Å². The zero-order chi connectivity index (χ0) is 45.8. The van der Waals surface area contributed by atoms with Crippen LogP contribution in [-0.4, -0.2) is 87.3 Å². The number of ketones is 1. The number of epoxide rings is 1. The lowest BCUT2D eigenvalue weighted by Gasteiger charge is -2.61. The molecule has 0 unspecified atom stereocenters. The molecule has 64 heavy (non-hydrogen) atoms. The molecule has 1 aromatic rings. The Hall–Kier alpha value is -3.45. The van der Waals surface area contributed by atoms with Crippen molar-refractivity contribution < 1.29 is 53.0 Å². The van der Waals surface area contributed by atoms with E-state index in [1.165, 1.54) is 57.8 Å². The molecular formula is C53H74O11. The number of aliphatic hydroxyl groups excluding tert-OH is 1. The molecular weight excluding hydrogens is 813 g/mol. The minimum absolute atomic E-state index is 0.198. The summed E-state index contributed by atoms with van der Waals surface area (Å²) in [6.45, 7) is 13.7. The fourth-order valence-electron chi connectivity index (χ4n) is 11.8. The average Bonchev–Trinajstić information content (AvgIpc) is 3.90. The van der Waals surface area contributed by atoms with E-state index in [2.05, 4.69) is 26.5 Å². The number of Topliss-reactive ketones (excluding diaryl/α,β-unsaturated/α-hetero) is 1. The van der Waals surface area contributed by atoms with Crippen molar-refractivity contribution in [2.24, 2.45) is 17.8 Å². The van der Waals surface area contributed by atoms with E-state index in [9.17, 15) is 24.6 Å². The van der Waals surface area contributed by atoms with Crippen LogP contribution < -0.4 is 0 Å². The van der Waals surface area contributed by atoms with Gasteiger partial charge in [0.05, 0.1) is 11.2 Å². The number of rotatable bonds is 25. The van der Waals surface area contributed by atoms with Crippen molar-refractivity contribution in [1.29, 1.82) is 0 Å². The second kappa shape index (κ2) is 20.2. The van der Waals surface area contributed by atoms with Crippen LogP contribution in [0.25, 0.3) is 0 Å². The molecule has 12 atom stereocenters. The van der Waals surface area contributed by atoms with Crippen LogP contribution in [0.4, 0.5) is 0 Å². The maximum absolute atomic E-state index is 14.4. The molecule has 5 fully saturated rings. The Labute approximate surface area is 381 Å². The fraction of sp³-hybridized carbons (Fsp3) is 0.679. The normalized spacial score (nSPS) is 36.7. The molecule has 0 spiro atoms. The van der Waals surface area contributed by atoms with E-state index in [-0.39, 0.29) is 12.0 Å². The van der Waals surface area contributed by atoms with Crippen molar-refractivity contribution in [3.05, 3.63) is 84.0 Å². The third-order valence-electron chi connectivity index (χ3n) is 15.2. The van der Waals surface area contributed by atoms with Gasteiger partial charge in [-0.2, -0.15) is 0 Å². The monoisotopic (exact) mass is 887 g/mol. The first-order valence-electron chi connectivity index (χ1n) is 24.6. The second-order valence-electron chi connectivity index (χ2n) is 19.6. The lowest BCUT2D eigenvalue weighted by Crippen LogP contribution is -2.76. The predicted octanol–water partition coefficient (Wildman–Crippen LogP) is 9.74. The first-order valence-corrected chi connectivity index (χ1v) is 24.6. The maximum atomic E-state index is 14.4. The van der Waals surface area contributed by atoms with Crippen LogP contribution in [-0.2, 0) is 38.0 Å². The summed E-state index contributed by atoms with van der Waals surface area (Å²) in [6, 6.07) is 8.63. The van der Waals surface area contributed by atoms with Crippen LogP contribution in [0.3, 0.4) is 0 Å². The molecule has 3 bridgehead atoms. The number of ether oxygens (including phenoxy) is 6. The smallest absolute Gasteiger partial charge is 0.338 e. The molecule has 1 aromatic carbocycles. The lowest BCUT2D eigenvalue weighted by atomic mass is 9.53. The standard InChI is InChI=1S/C53H74O11/c1-7-9-11-13-15-16-17-18-19-20-21-23-28-32-41(54)59-35-49-45(61-49)42-46-52(36(3)4)44(60-47(56)39-30-26-25-27-31-39)38(6)53(42,40-34-37(5)43(55)51(40,58)48(49)57)64-50(62-46,63-52)33-29-24-22-14-12-10-8-2/h22,24-27,29-31,33-34,38,40,42,44-46,48,57-58H,3,7-21,23,28,32,35H2,1-2,4-6H3/b24-22+,33-29+/t38-,40-,42+,44-,45+,46-,48-,49+,50-,51-,52+,53+/m1/s1. The van der Waals surface area contributed by atoms with E-state index in [1.807, 2.05) is 19.1 Å². The topological polar surface area (TPSA) is 150 Å². The fourth-order valence-corrected chi connectivity index (χ4v) is 11.8. The summed E-state index contributed by atoms with van der Waals surface area (Å²) in [7, 11) is 0. The number of carbonyl (C=O) groups excluding carboxylic acids is 3. The van der Waals surface area contributed by atoms with Gasteiger partial charge in [-0.1, -0.05) is 160 Å². The zero-order valence-corrected chi connectivity index (χ0v) is 39.0. The van der Waals surface area contributed by atoms with Gasteiger partial charge in [0.1, 0.15) is 31.0 Å². The summed E-state index contributed by atoms with van der Waals surface area (Å²) in [5, 5.41) is 25.4. The van der Waals surface area contributed by atoms with Gasteiger partial charge in [-0.25, -0.2) is 4.79 Å². The number of allylic oxidation sites excluding steroid dienone is 3. The molecule has 0 radical (unpaired) electrons. The number of aliphatic hydroxyl groups is 2. The number of carbonyl (C=O) groups is 3. The van der Waals surface area contributed by atoms with E-state index >= 15 is 0 Å². The van der Waals surface area contributed by atoms with Gasteiger partial charge < -0.3 is 38.6 Å². The molecule has 0 aromatic heterocycles. The molecule has 3 saturated heterocycles. The summed E-state index contributed by atoms with van der Waals surface area (Å²) < 4.78 is 40.2. The van der Waals surface area contributed by atoms with Crippen molar-refractivity contribution >= 4 is 17.7 Å². The number of benzene rings is 1. The van der Waals surface area contributed by atoms with Crippen LogP contribution in [0.2, 0.25) is 0 Å². The Bertz CT molecular complexity index is 1920. The zero-order valence-electron chi connectivity index (χ0n) is 39.0. The van der Waals surface area contributed by atoms with E-state index in [0.29, 0.717) is 17.6 Å². The van der Waals surface area contributed by atoms with Gasteiger partial charge in [-0.05, 0) is 56.4 Å². The largest absolute Gasteiger partial charge is 0.462 e. The van der Waals surface area contributed by atoms with E-state index < -0.39 is 94.9 Å². The van der Waals surface area contributed by atoms with Gasteiger partial charge in [-0.3, -0.25) is 9.59 Å². The Balaban J connectivity index is 1.13. The molecule has 7 rings (SSSR count). The third-order valence-corrected chi connectivity index (χ3v) is 15.2. The second-order valence-corrected chi connectivity index (χ2v) is 19.6. The van der Waals surface area contributed by atoms with Crippen molar-refractivity contribution in [3.8, 4) is 0 Å². The van der Waals surface area contributed by atoms with E-state index in [4.69, 9.17) is 28.4 Å². The number of unbranched alkanes of at least 4 members (excludes halogenated alkanes) is 15. The number of fused-ring (bicyclic) bond motifs is 3. The first-order chi connectivity index (χ1) is 30.8. The highest BCUT2D eigenvalue weighted by atomic mass is 16.9. The van der Waals surface area contributed by atoms with Gasteiger partial charge in [0.15, 0.2) is 22.6 Å². The van der Waals surface area contributed by atoms with Crippen LogP contribution in [0.5, 0.6) is 0 Å². The number of esters is 2. The molecule has 2 saturated carbocycles. The van der Waals surface area contributed by atoms with Crippen molar-refractivity contribution in [3.63, 3.8) is 0 Å². The van der Waals surface area contributed by atoms with Crippen LogP contribution in [0.15, 0.2) is 78.4 Å². The van der Waals surface area contributed by atoms with E-state index in [1.54, 1.807) is 56.3 Å². The van der Waals surface area contributed by atoms with Crippen molar-refractivity contribution in [2.45, 2.75) is 203 Å². The Kier molecular flexibility index (Phi) is 15.3. The quantitative estimate of drug-likeness (QED) is 0.0318. The highest BCUT2D eigenvalue weighted by molar-refractivity contribution is 6.05. The minimum atomic E-state index is -2.47. The molecule has 3 heterocycles.